The summed E-state index contributed by atoms with van der Waals surface area (Å²) in [6.07, 6.45) is 1.09. The number of carbonyl (C=O) groups is 2. The lowest BCUT2D eigenvalue weighted by Gasteiger charge is -2.30. The zero-order chi connectivity index (χ0) is 14.5. The van der Waals surface area contributed by atoms with Gasteiger partial charge >= 0.3 is 6.09 Å². The first kappa shape index (κ1) is 14.7. The minimum atomic E-state index is -0.411. The van der Waals surface area contributed by atoms with E-state index in [-0.39, 0.29) is 18.4 Å². The Morgan fingerprint density at radius 1 is 1.35 bits per heavy atom. The van der Waals surface area contributed by atoms with Gasteiger partial charge < -0.3 is 15.4 Å². The normalized spacial score (nSPS) is 18.6. The van der Waals surface area contributed by atoms with Crippen LogP contribution in [0.3, 0.4) is 0 Å². The Balaban J connectivity index is 1.85. The Kier molecular flexibility index (Phi) is 4.84. The van der Waals surface area contributed by atoms with E-state index in [0.717, 1.165) is 18.4 Å². The molecule has 108 valence electrons. The van der Waals surface area contributed by atoms with Gasteiger partial charge in [-0.3, -0.25) is 4.79 Å². The van der Waals surface area contributed by atoms with Crippen LogP contribution in [-0.4, -0.2) is 30.0 Å². The summed E-state index contributed by atoms with van der Waals surface area (Å²) in [6.45, 7) is 1.13. The summed E-state index contributed by atoms with van der Waals surface area (Å²) in [6, 6.07) is 7.10. The standard InChI is InChI=1S/C14H17ClN2O3/c15-12-5-3-10(4-6-12)9-20-14(19)17-7-1-2-11(8-17)13(16)18/h3-6,11H,1-2,7-9H2,(H2,16,18)/t11-/m1/s1. The van der Waals surface area contributed by atoms with Gasteiger partial charge in [-0.2, -0.15) is 0 Å². The van der Waals surface area contributed by atoms with Gasteiger partial charge in [0.1, 0.15) is 6.61 Å². The van der Waals surface area contributed by atoms with Crippen LogP contribution < -0.4 is 5.73 Å². The molecule has 0 saturated carbocycles. The van der Waals surface area contributed by atoms with Crippen LogP contribution in [0.1, 0.15) is 18.4 Å². The van der Waals surface area contributed by atoms with Crippen molar-refractivity contribution in [3.8, 4) is 0 Å². The van der Waals surface area contributed by atoms with Crippen LogP contribution in [0.5, 0.6) is 0 Å². The molecule has 1 saturated heterocycles. The smallest absolute Gasteiger partial charge is 0.410 e. The number of nitrogens with zero attached hydrogens (tertiary/aromatic N) is 1. The highest BCUT2D eigenvalue weighted by molar-refractivity contribution is 6.30. The molecule has 1 aliphatic heterocycles. The molecule has 0 unspecified atom stereocenters. The Bertz CT molecular complexity index is 490. The molecule has 0 radical (unpaired) electrons. The van der Waals surface area contributed by atoms with E-state index in [1.807, 2.05) is 0 Å². The third-order valence-corrected chi connectivity index (χ3v) is 3.61. The fourth-order valence-corrected chi connectivity index (χ4v) is 2.32. The Morgan fingerprint density at radius 3 is 2.70 bits per heavy atom. The van der Waals surface area contributed by atoms with Crippen molar-refractivity contribution in [1.29, 1.82) is 0 Å². The average Bonchev–Trinajstić information content (AvgIpc) is 2.46. The molecular formula is C14H17ClN2O3. The van der Waals surface area contributed by atoms with Gasteiger partial charge in [0.15, 0.2) is 0 Å². The Morgan fingerprint density at radius 2 is 2.05 bits per heavy atom. The van der Waals surface area contributed by atoms with Crippen molar-refractivity contribution in [3.63, 3.8) is 0 Å². The molecule has 0 bridgehead atoms. The minimum absolute atomic E-state index is 0.188. The maximum Gasteiger partial charge on any atom is 0.410 e. The van der Waals surface area contributed by atoms with Crippen LogP contribution in [0.15, 0.2) is 24.3 Å². The van der Waals surface area contributed by atoms with Gasteiger partial charge in [-0.1, -0.05) is 23.7 Å². The largest absolute Gasteiger partial charge is 0.445 e. The van der Waals surface area contributed by atoms with E-state index in [9.17, 15) is 9.59 Å². The fraction of sp³-hybridized carbons (Fsp3) is 0.429. The Hall–Kier alpha value is -1.75. The van der Waals surface area contributed by atoms with Gasteiger partial charge in [0.25, 0.3) is 0 Å². The van der Waals surface area contributed by atoms with Crippen molar-refractivity contribution in [1.82, 2.24) is 4.90 Å². The van der Waals surface area contributed by atoms with Gasteiger partial charge in [-0.05, 0) is 30.5 Å². The molecule has 1 aromatic rings. The molecule has 0 spiro atoms. The number of piperidine rings is 1. The number of benzene rings is 1. The SMILES string of the molecule is NC(=O)[C@@H]1CCCN(C(=O)OCc2ccc(Cl)cc2)C1. The van der Waals surface area contributed by atoms with E-state index in [4.69, 9.17) is 22.1 Å². The summed E-state index contributed by atoms with van der Waals surface area (Å²) in [5.74, 6) is -0.632. The molecule has 0 aromatic heterocycles. The van der Waals surface area contributed by atoms with E-state index < -0.39 is 6.09 Å². The first-order valence-electron chi connectivity index (χ1n) is 6.51. The van der Waals surface area contributed by atoms with Crippen molar-refractivity contribution >= 4 is 23.6 Å². The van der Waals surface area contributed by atoms with Crippen molar-refractivity contribution in [2.45, 2.75) is 19.4 Å². The number of amides is 2. The van der Waals surface area contributed by atoms with Crippen LogP contribution in [-0.2, 0) is 16.1 Å². The molecule has 1 aromatic carbocycles. The van der Waals surface area contributed by atoms with Gasteiger partial charge in [0.2, 0.25) is 5.91 Å². The lowest BCUT2D eigenvalue weighted by Crippen LogP contribution is -2.44. The molecule has 2 amide bonds. The second-order valence-corrected chi connectivity index (χ2v) is 5.31. The number of nitrogens with two attached hydrogens (primary N) is 1. The first-order chi connectivity index (χ1) is 9.56. The van der Waals surface area contributed by atoms with Crippen LogP contribution in [0.2, 0.25) is 5.02 Å². The monoisotopic (exact) mass is 296 g/mol. The molecule has 2 rings (SSSR count). The first-order valence-corrected chi connectivity index (χ1v) is 6.89. The molecule has 20 heavy (non-hydrogen) atoms. The molecule has 6 heteroatoms. The second kappa shape index (κ2) is 6.61. The lowest BCUT2D eigenvalue weighted by atomic mass is 9.98. The predicted molar refractivity (Wildman–Crippen MR) is 75.1 cm³/mol. The Labute approximate surface area is 122 Å². The molecule has 1 heterocycles. The summed E-state index contributed by atoms with van der Waals surface area (Å²) in [5.41, 5.74) is 6.15. The van der Waals surface area contributed by atoms with Crippen molar-refractivity contribution in [2.24, 2.45) is 11.7 Å². The lowest BCUT2D eigenvalue weighted by molar-refractivity contribution is -0.123. The molecule has 0 aliphatic carbocycles. The molecular weight excluding hydrogens is 280 g/mol. The number of ether oxygens (including phenoxy) is 1. The van der Waals surface area contributed by atoms with Crippen molar-refractivity contribution < 1.29 is 14.3 Å². The number of primary amides is 1. The highest BCUT2D eigenvalue weighted by Gasteiger charge is 2.27. The zero-order valence-electron chi connectivity index (χ0n) is 11.0. The maximum absolute atomic E-state index is 11.9. The number of halogens is 1. The van der Waals surface area contributed by atoms with Crippen LogP contribution >= 0.6 is 11.6 Å². The summed E-state index contributed by atoms with van der Waals surface area (Å²) in [4.78, 5) is 24.6. The molecule has 1 aliphatic rings. The van der Waals surface area contributed by atoms with Crippen molar-refractivity contribution in [2.75, 3.05) is 13.1 Å². The average molecular weight is 297 g/mol. The van der Waals surface area contributed by atoms with Gasteiger partial charge in [-0.25, -0.2) is 4.79 Å². The number of hydrogen-bond donors (Lipinski definition) is 1. The van der Waals surface area contributed by atoms with E-state index in [0.29, 0.717) is 18.1 Å². The van der Waals surface area contributed by atoms with E-state index in [2.05, 4.69) is 0 Å². The number of rotatable bonds is 3. The maximum atomic E-state index is 11.9. The van der Waals surface area contributed by atoms with E-state index in [1.54, 1.807) is 24.3 Å². The number of likely N-dealkylation sites (tertiary alicyclic amines) is 1. The number of carbonyl (C=O) groups excluding carboxylic acids is 2. The fourth-order valence-electron chi connectivity index (χ4n) is 2.19. The topological polar surface area (TPSA) is 72.6 Å². The molecule has 1 fully saturated rings. The summed E-state index contributed by atoms with van der Waals surface area (Å²) < 4.78 is 5.23. The van der Waals surface area contributed by atoms with Crippen LogP contribution in [0.4, 0.5) is 4.79 Å². The van der Waals surface area contributed by atoms with Crippen LogP contribution in [0.25, 0.3) is 0 Å². The highest BCUT2D eigenvalue weighted by Crippen LogP contribution is 2.17. The zero-order valence-corrected chi connectivity index (χ0v) is 11.8. The second-order valence-electron chi connectivity index (χ2n) is 4.87. The molecule has 2 N–H and O–H groups in total. The highest BCUT2D eigenvalue weighted by atomic mass is 35.5. The van der Waals surface area contributed by atoms with Gasteiger partial charge in [-0.15, -0.1) is 0 Å². The minimum Gasteiger partial charge on any atom is -0.445 e. The van der Waals surface area contributed by atoms with Crippen molar-refractivity contribution in [3.05, 3.63) is 34.9 Å². The van der Waals surface area contributed by atoms with Crippen LogP contribution in [0, 0.1) is 5.92 Å². The predicted octanol–water partition coefficient (Wildman–Crippen LogP) is 2.17. The molecule has 1 atom stereocenters. The quantitative estimate of drug-likeness (QED) is 0.929. The van der Waals surface area contributed by atoms with E-state index >= 15 is 0 Å². The summed E-state index contributed by atoms with van der Waals surface area (Å²) in [5, 5.41) is 0.639. The summed E-state index contributed by atoms with van der Waals surface area (Å²) in [7, 11) is 0. The van der Waals surface area contributed by atoms with Gasteiger partial charge in [0.05, 0.1) is 5.92 Å². The number of hydrogen-bond acceptors (Lipinski definition) is 3. The summed E-state index contributed by atoms with van der Waals surface area (Å²) >= 11 is 5.78. The van der Waals surface area contributed by atoms with Gasteiger partial charge in [0, 0.05) is 18.1 Å². The van der Waals surface area contributed by atoms with E-state index in [1.165, 1.54) is 4.90 Å². The molecule has 5 nitrogen and oxygen atoms in total. The third kappa shape index (κ3) is 3.87. The third-order valence-electron chi connectivity index (χ3n) is 3.36.